The summed E-state index contributed by atoms with van der Waals surface area (Å²) in [5, 5.41) is 0. The van der Waals surface area contributed by atoms with Crippen LogP contribution in [-0.4, -0.2) is 29.0 Å². The Kier molecular flexibility index (Phi) is 3.06. The topological polar surface area (TPSA) is 54.5 Å². The largest absolute Gasteiger partial charge is 0.297 e. The van der Waals surface area contributed by atoms with Gasteiger partial charge in [0.1, 0.15) is 0 Å². The van der Waals surface area contributed by atoms with Crippen molar-refractivity contribution < 1.29 is 14.4 Å². The molecule has 2 aliphatic rings. The molecular weight excluding hydrogens is 218 g/mol. The van der Waals surface area contributed by atoms with E-state index in [9.17, 15) is 14.4 Å². The van der Waals surface area contributed by atoms with E-state index in [-0.39, 0.29) is 36.5 Å². The fourth-order valence-corrected chi connectivity index (χ4v) is 2.72. The Labute approximate surface area is 101 Å². The fraction of sp³-hybridized carbons (Fsp3) is 0.769. The van der Waals surface area contributed by atoms with E-state index in [1.54, 1.807) is 13.8 Å². The van der Waals surface area contributed by atoms with Crippen LogP contribution in [0.15, 0.2) is 0 Å². The average Bonchev–Trinajstić information content (AvgIpc) is 2.81. The summed E-state index contributed by atoms with van der Waals surface area (Å²) in [6.07, 6.45) is 4.23. The molecule has 4 heteroatoms. The Morgan fingerprint density at radius 1 is 1.29 bits per heavy atom. The maximum absolute atomic E-state index is 12.0. The zero-order valence-corrected chi connectivity index (χ0v) is 10.5. The lowest BCUT2D eigenvalue weighted by atomic mass is 9.92. The van der Waals surface area contributed by atoms with Crippen molar-refractivity contribution in [2.24, 2.45) is 11.3 Å². The number of imide groups is 1. The van der Waals surface area contributed by atoms with Gasteiger partial charge in [0.2, 0.25) is 11.8 Å². The Morgan fingerprint density at radius 3 is 2.35 bits per heavy atom. The first-order valence-corrected chi connectivity index (χ1v) is 6.29. The van der Waals surface area contributed by atoms with Crippen molar-refractivity contribution >= 4 is 17.6 Å². The molecule has 2 fully saturated rings. The SMILES string of the molecule is CC1(C)CC(=O)N(CC(=O)C2CCCC2)C1=O. The van der Waals surface area contributed by atoms with Gasteiger partial charge in [0.25, 0.3) is 0 Å². The van der Waals surface area contributed by atoms with Crippen LogP contribution in [0.2, 0.25) is 0 Å². The Bertz CT molecular complexity index is 367. The van der Waals surface area contributed by atoms with Gasteiger partial charge in [-0.25, -0.2) is 0 Å². The number of hydrogen-bond donors (Lipinski definition) is 0. The van der Waals surface area contributed by atoms with Gasteiger partial charge in [-0.05, 0) is 12.8 Å². The highest BCUT2D eigenvalue weighted by atomic mass is 16.2. The van der Waals surface area contributed by atoms with E-state index in [0.717, 1.165) is 30.6 Å². The minimum atomic E-state index is -0.632. The zero-order valence-electron chi connectivity index (χ0n) is 10.5. The molecule has 0 aromatic carbocycles. The monoisotopic (exact) mass is 237 g/mol. The lowest BCUT2D eigenvalue weighted by Crippen LogP contribution is -2.38. The van der Waals surface area contributed by atoms with Gasteiger partial charge in [0.15, 0.2) is 5.78 Å². The van der Waals surface area contributed by atoms with Gasteiger partial charge in [0.05, 0.1) is 12.0 Å². The molecule has 0 bridgehead atoms. The minimum Gasteiger partial charge on any atom is -0.297 e. The molecule has 1 aliphatic heterocycles. The number of ketones is 1. The number of amides is 2. The highest BCUT2D eigenvalue weighted by Gasteiger charge is 2.45. The van der Waals surface area contributed by atoms with E-state index >= 15 is 0 Å². The highest BCUT2D eigenvalue weighted by molar-refractivity contribution is 6.07. The predicted octanol–water partition coefficient (Wildman–Crippen LogP) is 1.53. The standard InChI is InChI=1S/C13H19NO3/c1-13(2)7-11(16)14(12(13)17)8-10(15)9-5-3-4-6-9/h9H,3-8H2,1-2H3. The van der Waals surface area contributed by atoms with Crippen molar-refractivity contribution in [2.45, 2.75) is 46.0 Å². The second-order valence-electron chi connectivity index (χ2n) is 5.79. The third-order valence-electron chi connectivity index (χ3n) is 3.84. The van der Waals surface area contributed by atoms with Crippen molar-refractivity contribution in [3.8, 4) is 0 Å². The Hall–Kier alpha value is -1.19. The first-order valence-electron chi connectivity index (χ1n) is 6.29. The van der Waals surface area contributed by atoms with Crippen LogP contribution in [0, 0.1) is 11.3 Å². The number of likely N-dealkylation sites (tertiary alicyclic amines) is 1. The van der Waals surface area contributed by atoms with Gasteiger partial charge < -0.3 is 0 Å². The molecule has 0 spiro atoms. The number of rotatable bonds is 3. The van der Waals surface area contributed by atoms with Gasteiger partial charge in [-0.15, -0.1) is 0 Å². The van der Waals surface area contributed by atoms with E-state index in [4.69, 9.17) is 0 Å². The van der Waals surface area contributed by atoms with Gasteiger partial charge in [0, 0.05) is 12.3 Å². The van der Waals surface area contributed by atoms with Crippen LogP contribution in [0.1, 0.15) is 46.0 Å². The van der Waals surface area contributed by atoms with Crippen molar-refractivity contribution in [2.75, 3.05) is 6.54 Å². The molecular formula is C13H19NO3. The highest BCUT2D eigenvalue weighted by Crippen LogP contribution is 2.32. The van der Waals surface area contributed by atoms with Crippen LogP contribution in [0.4, 0.5) is 0 Å². The van der Waals surface area contributed by atoms with Gasteiger partial charge in [-0.3, -0.25) is 19.3 Å². The predicted molar refractivity (Wildman–Crippen MR) is 62.1 cm³/mol. The second-order valence-corrected chi connectivity index (χ2v) is 5.79. The molecule has 2 rings (SSSR count). The summed E-state index contributed by atoms with van der Waals surface area (Å²) >= 11 is 0. The molecule has 0 radical (unpaired) electrons. The second kappa shape index (κ2) is 4.24. The molecule has 4 nitrogen and oxygen atoms in total. The molecule has 17 heavy (non-hydrogen) atoms. The van der Waals surface area contributed by atoms with E-state index in [2.05, 4.69) is 0 Å². The van der Waals surface area contributed by atoms with Gasteiger partial charge >= 0.3 is 0 Å². The maximum Gasteiger partial charge on any atom is 0.235 e. The average molecular weight is 237 g/mol. The molecule has 1 aliphatic carbocycles. The first-order chi connectivity index (χ1) is 7.92. The van der Waals surface area contributed by atoms with Crippen LogP contribution < -0.4 is 0 Å². The number of nitrogens with zero attached hydrogens (tertiary/aromatic N) is 1. The minimum absolute atomic E-state index is 0.00817. The summed E-state index contributed by atoms with van der Waals surface area (Å²) in [6, 6.07) is 0. The molecule has 0 N–H and O–H groups in total. The smallest absolute Gasteiger partial charge is 0.235 e. The van der Waals surface area contributed by atoms with E-state index in [1.165, 1.54) is 0 Å². The Morgan fingerprint density at radius 2 is 1.88 bits per heavy atom. The summed E-state index contributed by atoms with van der Waals surface area (Å²) in [4.78, 5) is 36.8. The first kappa shape index (κ1) is 12.3. The molecule has 1 saturated heterocycles. The summed E-state index contributed by atoms with van der Waals surface area (Å²) in [6.45, 7) is 3.51. The maximum atomic E-state index is 12.0. The van der Waals surface area contributed by atoms with Crippen LogP contribution in [0.3, 0.4) is 0 Å². The zero-order chi connectivity index (χ0) is 12.6. The van der Waals surface area contributed by atoms with E-state index in [0.29, 0.717) is 0 Å². The van der Waals surface area contributed by atoms with Crippen LogP contribution in [0.25, 0.3) is 0 Å². The van der Waals surface area contributed by atoms with Crippen LogP contribution >= 0.6 is 0 Å². The number of hydrogen-bond acceptors (Lipinski definition) is 3. The van der Waals surface area contributed by atoms with E-state index < -0.39 is 5.41 Å². The summed E-state index contributed by atoms with van der Waals surface area (Å²) in [5.41, 5.74) is -0.632. The summed E-state index contributed by atoms with van der Waals surface area (Å²) in [5.74, 6) is -0.276. The Balaban J connectivity index is 2.01. The lowest BCUT2D eigenvalue weighted by molar-refractivity contribution is -0.144. The molecule has 0 aromatic heterocycles. The van der Waals surface area contributed by atoms with Crippen molar-refractivity contribution in [3.05, 3.63) is 0 Å². The van der Waals surface area contributed by atoms with Crippen molar-refractivity contribution in [1.29, 1.82) is 0 Å². The summed E-state index contributed by atoms with van der Waals surface area (Å²) < 4.78 is 0. The lowest BCUT2D eigenvalue weighted by Gasteiger charge is -2.18. The van der Waals surface area contributed by atoms with Gasteiger partial charge in [-0.2, -0.15) is 0 Å². The van der Waals surface area contributed by atoms with Crippen molar-refractivity contribution in [1.82, 2.24) is 4.90 Å². The molecule has 1 saturated carbocycles. The molecule has 0 atom stereocenters. The van der Waals surface area contributed by atoms with E-state index in [1.807, 2.05) is 0 Å². The normalized spacial score (nSPS) is 24.7. The molecule has 0 unspecified atom stereocenters. The quantitative estimate of drug-likeness (QED) is 0.699. The summed E-state index contributed by atoms with van der Waals surface area (Å²) in [7, 11) is 0. The third kappa shape index (κ3) is 2.26. The van der Waals surface area contributed by atoms with Crippen LogP contribution in [0.5, 0.6) is 0 Å². The molecule has 0 aromatic rings. The number of carbonyl (C=O) groups excluding carboxylic acids is 3. The fourth-order valence-electron chi connectivity index (χ4n) is 2.72. The number of carbonyl (C=O) groups is 3. The third-order valence-corrected chi connectivity index (χ3v) is 3.84. The molecule has 1 heterocycles. The molecule has 2 amide bonds. The molecule has 94 valence electrons. The van der Waals surface area contributed by atoms with Crippen LogP contribution in [-0.2, 0) is 14.4 Å². The van der Waals surface area contributed by atoms with Crippen molar-refractivity contribution in [3.63, 3.8) is 0 Å². The van der Waals surface area contributed by atoms with Gasteiger partial charge in [-0.1, -0.05) is 26.7 Å². The number of Topliss-reactive ketones (excluding diaryl/α,β-unsaturated/α-hetero) is 1.